The lowest BCUT2D eigenvalue weighted by atomic mass is 10.2. The SMILES string of the molecule is Cl.O=C(NCCOc1ccc(OC2CNC2)cc1)OCc1ccccc1. The first kappa shape index (κ1) is 19.9. The third-order valence-electron chi connectivity index (χ3n) is 3.72. The van der Waals surface area contributed by atoms with Crippen molar-refractivity contribution in [2.45, 2.75) is 12.7 Å². The van der Waals surface area contributed by atoms with Crippen LogP contribution >= 0.6 is 12.4 Å². The molecule has 0 aliphatic carbocycles. The smallest absolute Gasteiger partial charge is 0.407 e. The molecule has 0 aromatic heterocycles. The first-order chi connectivity index (χ1) is 12.3. The van der Waals surface area contributed by atoms with Crippen molar-refractivity contribution in [3.05, 3.63) is 60.2 Å². The largest absolute Gasteiger partial charge is 0.492 e. The predicted molar refractivity (Wildman–Crippen MR) is 101 cm³/mol. The number of carbonyl (C=O) groups excluding carboxylic acids is 1. The summed E-state index contributed by atoms with van der Waals surface area (Å²) in [5.41, 5.74) is 0.953. The zero-order valence-corrected chi connectivity index (χ0v) is 15.2. The second kappa shape index (κ2) is 10.5. The molecule has 0 saturated carbocycles. The van der Waals surface area contributed by atoms with Crippen molar-refractivity contribution >= 4 is 18.5 Å². The van der Waals surface area contributed by atoms with Gasteiger partial charge in [0.1, 0.15) is 30.8 Å². The van der Waals surface area contributed by atoms with Crippen LogP contribution in [0.4, 0.5) is 4.79 Å². The van der Waals surface area contributed by atoms with Gasteiger partial charge in [0.25, 0.3) is 0 Å². The Kier molecular flexibility index (Phi) is 8.05. The lowest BCUT2D eigenvalue weighted by molar-refractivity contribution is 0.137. The van der Waals surface area contributed by atoms with Gasteiger partial charge in [0.15, 0.2) is 0 Å². The van der Waals surface area contributed by atoms with Gasteiger partial charge in [-0.15, -0.1) is 12.4 Å². The maximum absolute atomic E-state index is 11.6. The molecule has 0 radical (unpaired) electrons. The molecule has 7 heteroatoms. The normalized spacial score (nSPS) is 13.1. The number of rotatable bonds is 8. The van der Waals surface area contributed by atoms with E-state index in [9.17, 15) is 4.79 Å². The number of alkyl carbamates (subject to hydrolysis) is 1. The summed E-state index contributed by atoms with van der Waals surface area (Å²) in [6.45, 7) is 2.78. The average Bonchev–Trinajstić information content (AvgIpc) is 2.62. The minimum Gasteiger partial charge on any atom is -0.492 e. The Bertz CT molecular complexity index is 663. The first-order valence-electron chi connectivity index (χ1n) is 8.34. The van der Waals surface area contributed by atoms with Crippen molar-refractivity contribution in [1.82, 2.24) is 10.6 Å². The molecule has 6 nitrogen and oxygen atoms in total. The van der Waals surface area contributed by atoms with E-state index >= 15 is 0 Å². The highest BCUT2D eigenvalue weighted by molar-refractivity contribution is 5.85. The fraction of sp³-hybridized carbons (Fsp3) is 0.316. The molecule has 1 saturated heterocycles. The van der Waals surface area contributed by atoms with E-state index in [1.807, 2.05) is 54.6 Å². The maximum Gasteiger partial charge on any atom is 0.407 e. The van der Waals surface area contributed by atoms with Gasteiger partial charge in [-0.05, 0) is 29.8 Å². The zero-order chi connectivity index (χ0) is 17.3. The zero-order valence-electron chi connectivity index (χ0n) is 14.4. The van der Waals surface area contributed by atoms with Gasteiger partial charge < -0.3 is 24.8 Å². The summed E-state index contributed by atoms with van der Waals surface area (Å²) >= 11 is 0. The van der Waals surface area contributed by atoms with Gasteiger partial charge >= 0.3 is 6.09 Å². The Hall–Kier alpha value is -2.44. The van der Waals surface area contributed by atoms with Gasteiger partial charge in [-0.3, -0.25) is 0 Å². The second-order valence-corrected chi connectivity index (χ2v) is 5.71. The summed E-state index contributed by atoms with van der Waals surface area (Å²) in [6.07, 6.45) is -0.192. The van der Waals surface area contributed by atoms with E-state index in [0.717, 1.165) is 30.2 Å². The van der Waals surface area contributed by atoms with Gasteiger partial charge in [0.05, 0.1) is 6.54 Å². The average molecular weight is 379 g/mol. The van der Waals surface area contributed by atoms with Gasteiger partial charge in [0.2, 0.25) is 0 Å². The first-order valence-corrected chi connectivity index (χ1v) is 8.34. The van der Waals surface area contributed by atoms with Crippen LogP contribution in [0.25, 0.3) is 0 Å². The maximum atomic E-state index is 11.6. The Balaban J connectivity index is 0.00000243. The highest BCUT2D eigenvalue weighted by Gasteiger charge is 2.17. The molecule has 2 aromatic rings. The van der Waals surface area contributed by atoms with Gasteiger partial charge in [-0.2, -0.15) is 0 Å². The number of ether oxygens (including phenoxy) is 3. The fourth-order valence-corrected chi connectivity index (χ4v) is 2.25. The number of benzene rings is 2. The highest BCUT2D eigenvalue weighted by atomic mass is 35.5. The minimum atomic E-state index is -0.453. The Morgan fingerprint density at radius 1 is 1.04 bits per heavy atom. The van der Waals surface area contributed by atoms with Gasteiger partial charge in [-0.25, -0.2) is 4.79 Å². The van der Waals surface area contributed by atoms with E-state index in [0.29, 0.717) is 13.2 Å². The molecule has 2 N–H and O–H groups in total. The molecule has 0 spiro atoms. The van der Waals surface area contributed by atoms with Crippen molar-refractivity contribution in [3.63, 3.8) is 0 Å². The number of hydrogen-bond donors (Lipinski definition) is 2. The number of carbonyl (C=O) groups is 1. The Morgan fingerprint density at radius 3 is 2.38 bits per heavy atom. The van der Waals surface area contributed by atoms with E-state index < -0.39 is 6.09 Å². The van der Waals surface area contributed by atoms with Crippen LogP contribution in [0.3, 0.4) is 0 Å². The molecule has 2 aromatic carbocycles. The Labute approximate surface area is 159 Å². The summed E-state index contributed by atoms with van der Waals surface area (Å²) in [6, 6.07) is 17.0. The highest BCUT2D eigenvalue weighted by Crippen LogP contribution is 2.19. The second-order valence-electron chi connectivity index (χ2n) is 5.71. The molecule has 1 aliphatic heterocycles. The number of hydrogen-bond acceptors (Lipinski definition) is 5. The van der Waals surface area contributed by atoms with Gasteiger partial charge in [-0.1, -0.05) is 30.3 Å². The minimum absolute atomic E-state index is 0. The summed E-state index contributed by atoms with van der Waals surface area (Å²) < 4.78 is 16.4. The molecule has 0 unspecified atom stereocenters. The van der Waals surface area contributed by atoms with Gasteiger partial charge in [0, 0.05) is 13.1 Å². The Morgan fingerprint density at radius 2 is 1.73 bits per heavy atom. The fourth-order valence-electron chi connectivity index (χ4n) is 2.25. The lowest BCUT2D eigenvalue weighted by Gasteiger charge is -2.27. The van der Waals surface area contributed by atoms with E-state index in [1.165, 1.54) is 0 Å². The van der Waals surface area contributed by atoms with Crippen LogP contribution in [0.1, 0.15) is 5.56 Å². The number of nitrogens with one attached hydrogen (secondary N) is 2. The van der Waals surface area contributed by atoms with Crippen molar-refractivity contribution in [1.29, 1.82) is 0 Å². The standard InChI is InChI=1S/C19H22N2O4.ClH/c22-19(24-14-15-4-2-1-3-5-15)21-10-11-23-16-6-8-17(9-7-16)25-18-12-20-13-18;/h1-9,18,20H,10-14H2,(H,21,22);1H. The predicted octanol–water partition coefficient (Wildman–Crippen LogP) is 2.76. The molecular weight excluding hydrogens is 356 g/mol. The molecule has 1 amide bonds. The third kappa shape index (κ3) is 6.46. The quantitative estimate of drug-likeness (QED) is 0.691. The molecule has 0 bridgehead atoms. The van der Waals surface area contributed by atoms with Crippen molar-refractivity contribution in [3.8, 4) is 11.5 Å². The van der Waals surface area contributed by atoms with Crippen molar-refractivity contribution in [2.75, 3.05) is 26.2 Å². The van der Waals surface area contributed by atoms with Crippen LogP contribution in [0.2, 0.25) is 0 Å². The van der Waals surface area contributed by atoms with E-state index in [2.05, 4.69) is 10.6 Å². The van der Waals surface area contributed by atoms with E-state index in [4.69, 9.17) is 14.2 Å². The molecule has 1 fully saturated rings. The molecular formula is C19H23ClN2O4. The van der Waals surface area contributed by atoms with E-state index in [-0.39, 0.29) is 25.1 Å². The number of halogens is 1. The van der Waals surface area contributed by atoms with Crippen molar-refractivity contribution in [2.24, 2.45) is 0 Å². The van der Waals surface area contributed by atoms with Crippen LogP contribution in [0.15, 0.2) is 54.6 Å². The van der Waals surface area contributed by atoms with Crippen molar-refractivity contribution < 1.29 is 19.0 Å². The van der Waals surface area contributed by atoms with Crippen LogP contribution in [0, 0.1) is 0 Å². The molecule has 0 atom stereocenters. The summed E-state index contributed by atoms with van der Waals surface area (Å²) in [4.78, 5) is 11.6. The molecule has 26 heavy (non-hydrogen) atoms. The van der Waals surface area contributed by atoms with Crippen LogP contribution in [-0.2, 0) is 11.3 Å². The van der Waals surface area contributed by atoms with Crippen LogP contribution < -0.4 is 20.1 Å². The lowest BCUT2D eigenvalue weighted by Crippen LogP contribution is -2.50. The summed E-state index contributed by atoms with van der Waals surface area (Å²) in [7, 11) is 0. The number of amides is 1. The monoisotopic (exact) mass is 378 g/mol. The molecule has 140 valence electrons. The third-order valence-corrected chi connectivity index (χ3v) is 3.72. The van der Waals surface area contributed by atoms with Crippen LogP contribution in [0.5, 0.6) is 11.5 Å². The van der Waals surface area contributed by atoms with E-state index in [1.54, 1.807) is 0 Å². The molecule has 3 rings (SSSR count). The molecule has 1 heterocycles. The summed E-state index contributed by atoms with van der Waals surface area (Å²) in [5, 5.41) is 5.82. The molecule has 1 aliphatic rings. The van der Waals surface area contributed by atoms with Crippen LogP contribution in [-0.4, -0.2) is 38.4 Å². The topological polar surface area (TPSA) is 68.8 Å². The summed E-state index contributed by atoms with van der Waals surface area (Å²) in [5.74, 6) is 1.57.